The van der Waals surface area contributed by atoms with Gasteiger partial charge in [-0.3, -0.25) is 4.90 Å². The average Bonchev–Trinajstić information content (AvgIpc) is 2.68. The second kappa shape index (κ2) is 8.95. The highest BCUT2D eigenvalue weighted by molar-refractivity contribution is 5.68. The van der Waals surface area contributed by atoms with Crippen LogP contribution in [-0.4, -0.2) is 60.3 Å². The summed E-state index contributed by atoms with van der Waals surface area (Å²) < 4.78 is 10.8. The number of benzene rings is 1. The minimum atomic E-state index is -0.427. The lowest BCUT2D eigenvalue weighted by Crippen LogP contribution is -2.56. The number of amides is 1. The maximum Gasteiger partial charge on any atom is 0.410 e. The summed E-state index contributed by atoms with van der Waals surface area (Å²) in [5, 5.41) is 0. The van der Waals surface area contributed by atoms with Gasteiger partial charge in [0.2, 0.25) is 0 Å². The number of hydrogen-bond donors (Lipinski definition) is 0. The van der Waals surface area contributed by atoms with Crippen LogP contribution in [0, 0.1) is 5.92 Å². The second-order valence-corrected chi connectivity index (χ2v) is 9.95. The van der Waals surface area contributed by atoms with Crippen LogP contribution in [0.4, 0.5) is 4.79 Å². The summed E-state index contributed by atoms with van der Waals surface area (Å²) in [6.45, 7) is 12.0. The van der Waals surface area contributed by atoms with Crippen molar-refractivity contribution in [2.45, 2.75) is 70.9 Å². The Balaban J connectivity index is 1.46. The molecule has 1 aromatic carbocycles. The zero-order valence-electron chi connectivity index (χ0n) is 18.9. The van der Waals surface area contributed by atoms with Gasteiger partial charge < -0.3 is 14.4 Å². The van der Waals surface area contributed by atoms with Gasteiger partial charge in [0, 0.05) is 18.6 Å². The number of hydrogen-bond acceptors (Lipinski definition) is 4. The standard InChI is InChI=1S/C24H38N2O3/c1-23(2,3)29-22(27)25-16-12-24(4,13-17-25)26-14-10-20(11-15-26)18-19-6-8-21(28-5)9-7-19/h6-9,20H,10-18H2,1-5H3. The Labute approximate surface area is 176 Å². The molecule has 162 valence electrons. The third kappa shape index (κ3) is 5.88. The van der Waals surface area contributed by atoms with Gasteiger partial charge in [0.05, 0.1) is 7.11 Å². The van der Waals surface area contributed by atoms with Crippen LogP contribution in [0.3, 0.4) is 0 Å². The summed E-state index contributed by atoms with van der Waals surface area (Å²) >= 11 is 0. The number of ether oxygens (including phenoxy) is 2. The molecule has 5 heteroatoms. The fraction of sp³-hybridized carbons (Fsp3) is 0.708. The van der Waals surface area contributed by atoms with Gasteiger partial charge in [-0.1, -0.05) is 12.1 Å². The number of carbonyl (C=O) groups excluding carboxylic acids is 1. The number of nitrogens with zero attached hydrogens (tertiary/aromatic N) is 2. The molecule has 29 heavy (non-hydrogen) atoms. The van der Waals surface area contributed by atoms with Gasteiger partial charge in [0.25, 0.3) is 0 Å². The smallest absolute Gasteiger partial charge is 0.410 e. The van der Waals surface area contributed by atoms with E-state index >= 15 is 0 Å². The first-order valence-electron chi connectivity index (χ1n) is 11.0. The number of methoxy groups -OCH3 is 1. The summed E-state index contributed by atoms with van der Waals surface area (Å²) in [6.07, 6.45) is 5.53. The Morgan fingerprint density at radius 1 is 1.07 bits per heavy atom. The van der Waals surface area contributed by atoms with Crippen molar-refractivity contribution in [2.75, 3.05) is 33.3 Å². The molecular formula is C24H38N2O3. The molecule has 1 aromatic rings. The van der Waals surface area contributed by atoms with E-state index in [9.17, 15) is 4.79 Å². The molecule has 3 rings (SSSR count). The van der Waals surface area contributed by atoms with E-state index in [0.29, 0.717) is 0 Å². The van der Waals surface area contributed by atoms with Crippen LogP contribution >= 0.6 is 0 Å². The zero-order chi connectivity index (χ0) is 21.1. The SMILES string of the molecule is COc1ccc(CC2CCN(C3(C)CCN(C(=O)OC(C)(C)C)CC3)CC2)cc1. The van der Waals surface area contributed by atoms with Crippen molar-refractivity contribution in [3.05, 3.63) is 29.8 Å². The van der Waals surface area contributed by atoms with Crippen LogP contribution in [0.15, 0.2) is 24.3 Å². The van der Waals surface area contributed by atoms with Gasteiger partial charge >= 0.3 is 6.09 Å². The molecule has 0 radical (unpaired) electrons. The van der Waals surface area contributed by atoms with E-state index in [4.69, 9.17) is 9.47 Å². The Bertz CT molecular complexity index is 664. The predicted molar refractivity (Wildman–Crippen MR) is 116 cm³/mol. The lowest BCUT2D eigenvalue weighted by atomic mass is 9.83. The highest BCUT2D eigenvalue weighted by Crippen LogP contribution is 2.33. The first kappa shape index (κ1) is 21.9. The van der Waals surface area contributed by atoms with Crippen LogP contribution in [0.25, 0.3) is 0 Å². The van der Waals surface area contributed by atoms with Gasteiger partial charge in [-0.2, -0.15) is 0 Å². The van der Waals surface area contributed by atoms with Gasteiger partial charge in [-0.05, 0) is 96.5 Å². The molecule has 1 amide bonds. The molecule has 0 saturated carbocycles. The largest absolute Gasteiger partial charge is 0.497 e. The van der Waals surface area contributed by atoms with E-state index < -0.39 is 5.60 Å². The number of piperidine rings is 2. The van der Waals surface area contributed by atoms with Crippen LogP contribution in [0.5, 0.6) is 5.75 Å². The van der Waals surface area contributed by atoms with Crippen molar-refractivity contribution >= 4 is 6.09 Å². The molecule has 0 N–H and O–H groups in total. The minimum Gasteiger partial charge on any atom is -0.497 e. The fourth-order valence-electron chi connectivity index (χ4n) is 4.59. The number of rotatable bonds is 4. The summed E-state index contributed by atoms with van der Waals surface area (Å²) in [4.78, 5) is 16.9. The molecule has 2 fully saturated rings. The molecule has 0 unspecified atom stereocenters. The van der Waals surface area contributed by atoms with Crippen molar-refractivity contribution < 1.29 is 14.3 Å². The summed E-state index contributed by atoms with van der Waals surface area (Å²) in [6, 6.07) is 8.51. The molecule has 0 aromatic heterocycles. The summed E-state index contributed by atoms with van der Waals surface area (Å²) in [5.41, 5.74) is 1.17. The highest BCUT2D eigenvalue weighted by Gasteiger charge is 2.39. The molecule has 2 aliphatic heterocycles. The Kier molecular flexibility index (Phi) is 6.77. The van der Waals surface area contributed by atoms with Crippen LogP contribution in [-0.2, 0) is 11.2 Å². The van der Waals surface area contributed by atoms with Crippen molar-refractivity contribution in [3.8, 4) is 5.75 Å². The zero-order valence-corrected chi connectivity index (χ0v) is 18.9. The molecule has 0 aliphatic carbocycles. The van der Waals surface area contributed by atoms with E-state index in [1.807, 2.05) is 25.7 Å². The molecule has 2 aliphatic rings. The van der Waals surface area contributed by atoms with E-state index in [0.717, 1.165) is 57.1 Å². The quantitative estimate of drug-likeness (QED) is 0.729. The summed E-state index contributed by atoms with van der Waals surface area (Å²) in [5.74, 6) is 1.68. The van der Waals surface area contributed by atoms with Crippen molar-refractivity contribution in [1.82, 2.24) is 9.80 Å². The molecule has 5 nitrogen and oxygen atoms in total. The van der Waals surface area contributed by atoms with E-state index in [2.05, 4.69) is 36.1 Å². The van der Waals surface area contributed by atoms with E-state index in [-0.39, 0.29) is 11.6 Å². The summed E-state index contributed by atoms with van der Waals surface area (Å²) in [7, 11) is 1.71. The van der Waals surface area contributed by atoms with Gasteiger partial charge in [-0.15, -0.1) is 0 Å². The number of carbonyl (C=O) groups is 1. The topological polar surface area (TPSA) is 42.0 Å². The normalized spacial score (nSPS) is 21.1. The molecule has 2 saturated heterocycles. The molecule has 0 atom stereocenters. The number of likely N-dealkylation sites (tertiary alicyclic amines) is 2. The van der Waals surface area contributed by atoms with Gasteiger partial charge in [-0.25, -0.2) is 4.79 Å². The predicted octanol–water partition coefficient (Wildman–Crippen LogP) is 4.74. The molecular weight excluding hydrogens is 364 g/mol. The van der Waals surface area contributed by atoms with Crippen molar-refractivity contribution in [1.29, 1.82) is 0 Å². The molecule has 0 spiro atoms. The average molecular weight is 403 g/mol. The third-order valence-corrected chi connectivity index (χ3v) is 6.55. The minimum absolute atomic E-state index is 0.169. The lowest BCUT2D eigenvalue weighted by molar-refractivity contribution is -0.0105. The maximum absolute atomic E-state index is 12.3. The Morgan fingerprint density at radius 3 is 2.17 bits per heavy atom. The molecule has 2 heterocycles. The maximum atomic E-state index is 12.3. The van der Waals surface area contributed by atoms with Gasteiger partial charge in [0.15, 0.2) is 0 Å². The van der Waals surface area contributed by atoms with E-state index in [1.54, 1.807) is 7.11 Å². The Hall–Kier alpha value is -1.75. The lowest BCUT2D eigenvalue weighted by Gasteiger charge is -2.49. The molecule has 0 bridgehead atoms. The first-order valence-corrected chi connectivity index (χ1v) is 11.0. The third-order valence-electron chi connectivity index (χ3n) is 6.55. The van der Waals surface area contributed by atoms with Gasteiger partial charge in [0.1, 0.15) is 11.4 Å². The van der Waals surface area contributed by atoms with Crippen LogP contribution < -0.4 is 4.74 Å². The monoisotopic (exact) mass is 402 g/mol. The first-order chi connectivity index (χ1) is 13.7. The Morgan fingerprint density at radius 2 is 1.66 bits per heavy atom. The van der Waals surface area contributed by atoms with Crippen LogP contribution in [0.2, 0.25) is 0 Å². The van der Waals surface area contributed by atoms with E-state index in [1.165, 1.54) is 18.4 Å². The second-order valence-electron chi connectivity index (χ2n) is 9.95. The van der Waals surface area contributed by atoms with Crippen molar-refractivity contribution in [3.63, 3.8) is 0 Å². The fourth-order valence-corrected chi connectivity index (χ4v) is 4.59. The van der Waals surface area contributed by atoms with Crippen LogP contribution in [0.1, 0.15) is 58.9 Å². The highest BCUT2D eigenvalue weighted by atomic mass is 16.6. The van der Waals surface area contributed by atoms with Crippen molar-refractivity contribution in [2.24, 2.45) is 5.92 Å².